The predicted octanol–water partition coefficient (Wildman–Crippen LogP) is 1.95. The summed E-state index contributed by atoms with van der Waals surface area (Å²) in [7, 11) is 1.36. The lowest BCUT2D eigenvalue weighted by Gasteiger charge is -2.30. The molecule has 2 aliphatic rings. The van der Waals surface area contributed by atoms with Gasteiger partial charge in [0.25, 0.3) is 5.91 Å². The highest BCUT2D eigenvalue weighted by molar-refractivity contribution is 7.99. The van der Waals surface area contributed by atoms with Crippen molar-refractivity contribution in [1.82, 2.24) is 30.8 Å². The SMILES string of the molecule is COC(=O)CSCCCCNC(=O)C(Cc1c[nH]cn1)NC(=O)C(Cc1cccc(O)c1C(=O)N1CCOCC1)NC1CCCCC1. The zero-order chi connectivity index (χ0) is 33.4. The Balaban J connectivity index is 1.46. The van der Waals surface area contributed by atoms with Crippen LogP contribution < -0.4 is 16.0 Å². The summed E-state index contributed by atoms with van der Waals surface area (Å²) in [6.45, 7) is 2.12. The molecule has 1 aliphatic heterocycles. The van der Waals surface area contributed by atoms with E-state index >= 15 is 0 Å². The number of aromatic amines is 1. The number of carbonyl (C=O) groups excluding carboxylic acids is 4. The van der Waals surface area contributed by atoms with E-state index in [-0.39, 0.29) is 53.9 Å². The van der Waals surface area contributed by atoms with Gasteiger partial charge < -0.3 is 40.4 Å². The Labute approximate surface area is 280 Å². The summed E-state index contributed by atoms with van der Waals surface area (Å²) in [5, 5.41) is 20.3. The molecular formula is C33H48N6O7S. The van der Waals surface area contributed by atoms with Crippen LogP contribution in [0.1, 0.15) is 66.6 Å². The van der Waals surface area contributed by atoms with Crippen LogP contribution >= 0.6 is 11.8 Å². The second-order valence-electron chi connectivity index (χ2n) is 11.9. The molecule has 2 unspecified atom stereocenters. The fourth-order valence-corrected chi connectivity index (χ4v) is 6.74. The molecule has 2 atom stereocenters. The number of unbranched alkanes of at least 4 members (excludes halogenated alkanes) is 1. The third kappa shape index (κ3) is 11.5. The van der Waals surface area contributed by atoms with Gasteiger partial charge in [0.2, 0.25) is 11.8 Å². The van der Waals surface area contributed by atoms with Crippen LogP contribution in [0.25, 0.3) is 0 Å². The number of carbonyl (C=O) groups is 4. The second kappa shape index (κ2) is 19.3. The minimum Gasteiger partial charge on any atom is -0.507 e. The molecule has 47 heavy (non-hydrogen) atoms. The fraction of sp³-hybridized carbons (Fsp3) is 0.606. The van der Waals surface area contributed by atoms with E-state index in [1.165, 1.54) is 31.3 Å². The van der Waals surface area contributed by atoms with Gasteiger partial charge in [-0.05, 0) is 49.5 Å². The topological polar surface area (TPSA) is 175 Å². The third-order valence-electron chi connectivity index (χ3n) is 8.49. The van der Waals surface area contributed by atoms with E-state index < -0.39 is 12.1 Å². The Hall–Kier alpha value is -3.62. The molecule has 1 aromatic heterocycles. The number of phenolic OH excluding ortho intramolecular Hbond substituents is 1. The molecule has 1 aliphatic carbocycles. The molecule has 1 saturated heterocycles. The van der Waals surface area contributed by atoms with Gasteiger partial charge in [-0.1, -0.05) is 31.4 Å². The average molecular weight is 673 g/mol. The summed E-state index contributed by atoms with van der Waals surface area (Å²) in [5.74, 6) is -0.312. The summed E-state index contributed by atoms with van der Waals surface area (Å²) in [5.41, 5.74) is 1.38. The van der Waals surface area contributed by atoms with Crippen molar-refractivity contribution in [2.24, 2.45) is 0 Å². The molecule has 5 N–H and O–H groups in total. The standard InChI is InChI=1S/C33H48N6O7S/c1-45-29(41)21-47-17-6-5-12-35-31(42)27(19-25-20-34-22-36-25)38-32(43)26(37-24-9-3-2-4-10-24)18-23-8-7-11-28(40)30(23)33(44)39-13-15-46-16-14-39/h7-8,11,20,22,24,26-27,37,40H,2-6,9-10,12-19,21H2,1H3,(H,34,36)(H,35,42)(H,38,43). The Morgan fingerprint density at radius 2 is 1.87 bits per heavy atom. The molecule has 4 rings (SSSR count). The molecule has 2 aromatic rings. The van der Waals surface area contributed by atoms with Gasteiger partial charge in [0.1, 0.15) is 11.8 Å². The Morgan fingerprint density at radius 3 is 2.60 bits per heavy atom. The van der Waals surface area contributed by atoms with Gasteiger partial charge in [-0.15, -0.1) is 0 Å². The smallest absolute Gasteiger partial charge is 0.315 e. The van der Waals surface area contributed by atoms with Gasteiger partial charge in [0, 0.05) is 38.3 Å². The lowest BCUT2D eigenvalue weighted by atomic mass is 9.92. The monoisotopic (exact) mass is 672 g/mol. The highest BCUT2D eigenvalue weighted by Crippen LogP contribution is 2.26. The number of amides is 3. The van der Waals surface area contributed by atoms with E-state index in [9.17, 15) is 24.3 Å². The maximum absolute atomic E-state index is 14.1. The van der Waals surface area contributed by atoms with Crippen molar-refractivity contribution in [3.05, 3.63) is 47.5 Å². The maximum atomic E-state index is 14.1. The molecule has 14 heteroatoms. The number of morpholine rings is 1. The van der Waals surface area contributed by atoms with E-state index in [2.05, 4.69) is 30.7 Å². The van der Waals surface area contributed by atoms with Crippen LogP contribution in [0, 0.1) is 0 Å². The van der Waals surface area contributed by atoms with Gasteiger partial charge in [-0.25, -0.2) is 4.98 Å². The van der Waals surface area contributed by atoms with E-state index in [0.29, 0.717) is 56.3 Å². The van der Waals surface area contributed by atoms with E-state index in [4.69, 9.17) is 4.74 Å². The van der Waals surface area contributed by atoms with Crippen molar-refractivity contribution in [3.63, 3.8) is 0 Å². The number of aromatic hydroxyl groups is 1. The van der Waals surface area contributed by atoms with Gasteiger partial charge in [-0.3, -0.25) is 19.2 Å². The molecule has 2 heterocycles. The minimum absolute atomic E-state index is 0.117. The van der Waals surface area contributed by atoms with Gasteiger partial charge in [-0.2, -0.15) is 11.8 Å². The number of methoxy groups -OCH3 is 1. The highest BCUT2D eigenvalue weighted by Gasteiger charge is 2.31. The lowest BCUT2D eigenvalue weighted by molar-refractivity contribution is -0.137. The quantitative estimate of drug-likeness (QED) is 0.123. The number of rotatable bonds is 17. The first-order chi connectivity index (χ1) is 22.9. The van der Waals surface area contributed by atoms with Crippen molar-refractivity contribution in [2.45, 2.75) is 75.9 Å². The minimum atomic E-state index is -0.881. The predicted molar refractivity (Wildman–Crippen MR) is 178 cm³/mol. The highest BCUT2D eigenvalue weighted by atomic mass is 32.2. The molecule has 0 radical (unpaired) electrons. The molecule has 258 valence electrons. The zero-order valence-corrected chi connectivity index (χ0v) is 27.9. The van der Waals surface area contributed by atoms with Crippen LogP contribution in [0.4, 0.5) is 0 Å². The van der Waals surface area contributed by atoms with Crippen LogP contribution in [0.15, 0.2) is 30.7 Å². The number of hydrogen-bond donors (Lipinski definition) is 5. The fourth-order valence-electron chi connectivity index (χ4n) is 5.90. The van der Waals surface area contributed by atoms with E-state index in [0.717, 1.165) is 44.3 Å². The largest absolute Gasteiger partial charge is 0.507 e. The number of H-pyrrole nitrogens is 1. The number of esters is 1. The number of ether oxygens (including phenoxy) is 2. The summed E-state index contributed by atoms with van der Waals surface area (Å²) < 4.78 is 10.1. The number of nitrogens with zero attached hydrogens (tertiary/aromatic N) is 2. The molecule has 13 nitrogen and oxygen atoms in total. The molecule has 2 fully saturated rings. The van der Waals surface area contributed by atoms with Gasteiger partial charge in [0.15, 0.2) is 0 Å². The maximum Gasteiger partial charge on any atom is 0.315 e. The van der Waals surface area contributed by atoms with Crippen LogP contribution in [0.5, 0.6) is 5.75 Å². The number of imidazole rings is 1. The summed E-state index contributed by atoms with van der Waals surface area (Å²) in [4.78, 5) is 61.2. The normalized spacial score (nSPS) is 16.7. The Kier molecular flexibility index (Phi) is 14.8. The van der Waals surface area contributed by atoms with E-state index in [1.807, 2.05) is 0 Å². The summed E-state index contributed by atoms with van der Waals surface area (Å²) in [6.07, 6.45) is 10.2. The average Bonchev–Trinajstić information content (AvgIpc) is 3.61. The molecule has 0 bridgehead atoms. The molecule has 1 aromatic carbocycles. The Morgan fingerprint density at radius 1 is 1.09 bits per heavy atom. The van der Waals surface area contributed by atoms with Crippen molar-refractivity contribution < 1.29 is 33.8 Å². The first-order valence-corrected chi connectivity index (χ1v) is 17.7. The van der Waals surface area contributed by atoms with Crippen molar-refractivity contribution >= 4 is 35.5 Å². The van der Waals surface area contributed by atoms with Crippen LogP contribution in [0.3, 0.4) is 0 Å². The third-order valence-corrected chi connectivity index (χ3v) is 9.50. The van der Waals surface area contributed by atoms with Crippen molar-refractivity contribution in [1.29, 1.82) is 0 Å². The summed E-state index contributed by atoms with van der Waals surface area (Å²) in [6, 6.07) is 3.42. The number of phenols is 1. The first-order valence-electron chi connectivity index (χ1n) is 16.5. The van der Waals surface area contributed by atoms with Crippen LogP contribution in [0.2, 0.25) is 0 Å². The Bertz CT molecular complexity index is 1300. The van der Waals surface area contributed by atoms with Crippen molar-refractivity contribution in [2.75, 3.05) is 51.5 Å². The molecule has 0 spiro atoms. The molecule has 1 saturated carbocycles. The second-order valence-corrected chi connectivity index (χ2v) is 13.0. The number of nitrogens with one attached hydrogen (secondary N) is 4. The number of aromatic nitrogens is 2. The summed E-state index contributed by atoms with van der Waals surface area (Å²) >= 11 is 1.48. The van der Waals surface area contributed by atoms with E-state index in [1.54, 1.807) is 23.2 Å². The van der Waals surface area contributed by atoms with Gasteiger partial charge in [0.05, 0.1) is 49.7 Å². The van der Waals surface area contributed by atoms with Gasteiger partial charge >= 0.3 is 5.97 Å². The van der Waals surface area contributed by atoms with Crippen LogP contribution in [-0.2, 0) is 36.7 Å². The zero-order valence-electron chi connectivity index (χ0n) is 27.1. The first kappa shape index (κ1) is 36.2. The van der Waals surface area contributed by atoms with Crippen LogP contribution in [-0.4, -0.2) is 113 Å². The molecule has 3 amide bonds. The van der Waals surface area contributed by atoms with Crippen molar-refractivity contribution in [3.8, 4) is 5.75 Å². The number of benzene rings is 1. The number of hydrogen-bond acceptors (Lipinski definition) is 10. The lowest BCUT2D eigenvalue weighted by Crippen LogP contribution is -2.56. The number of thioether (sulfide) groups is 1. The molecular weight excluding hydrogens is 624 g/mol.